The lowest BCUT2D eigenvalue weighted by atomic mass is 10.1. The molecule has 1 saturated heterocycles. The fraction of sp³-hybridized carbons (Fsp3) is 0.393. The van der Waals surface area contributed by atoms with Crippen LogP contribution in [0.2, 0.25) is 0 Å². The number of benzene rings is 1. The molecule has 0 bridgehead atoms. The van der Waals surface area contributed by atoms with Crippen molar-refractivity contribution in [1.29, 1.82) is 0 Å². The van der Waals surface area contributed by atoms with Crippen LogP contribution in [0, 0.1) is 6.92 Å². The normalized spacial score (nSPS) is 18.6. The van der Waals surface area contributed by atoms with Crippen LogP contribution in [0.5, 0.6) is 0 Å². The Hall–Kier alpha value is -2.85. The first-order valence-corrected chi connectivity index (χ1v) is 14.1. The van der Waals surface area contributed by atoms with Gasteiger partial charge >= 0.3 is 0 Å². The quantitative estimate of drug-likeness (QED) is 0.323. The highest BCUT2D eigenvalue weighted by molar-refractivity contribution is 7.20. The van der Waals surface area contributed by atoms with Gasteiger partial charge in [0.2, 0.25) is 0 Å². The Morgan fingerprint density at radius 1 is 1.22 bits per heavy atom. The molecule has 1 aliphatic heterocycles. The van der Waals surface area contributed by atoms with Crippen LogP contribution in [0.15, 0.2) is 42.5 Å². The number of nitrogens with zero attached hydrogens (tertiary/aromatic N) is 4. The largest absolute Gasteiger partial charge is 0.388 e. The van der Waals surface area contributed by atoms with Crippen LogP contribution in [-0.2, 0) is 6.54 Å². The molecule has 1 aromatic carbocycles. The molecule has 0 aliphatic carbocycles. The second-order valence-corrected chi connectivity index (χ2v) is 12.5. The molecule has 0 spiro atoms. The van der Waals surface area contributed by atoms with E-state index in [0.717, 1.165) is 22.6 Å². The molecule has 5 rings (SSSR count). The summed E-state index contributed by atoms with van der Waals surface area (Å²) in [5, 5.41) is 14.7. The van der Waals surface area contributed by atoms with E-state index in [0.29, 0.717) is 30.2 Å². The van der Waals surface area contributed by atoms with Gasteiger partial charge in [0.15, 0.2) is 0 Å². The van der Waals surface area contributed by atoms with E-state index in [9.17, 15) is 9.90 Å². The maximum absolute atomic E-state index is 13.1. The van der Waals surface area contributed by atoms with E-state index in [1.54, 1.807) is 23.2 Å². The minimum atomic E-state index is -0.822. The molecule has 4 aromatic rings. The van der Waals surface area contributed by atoms with Crippen LogP contribution in [-0.4, -0.2) is 63.6 Å². The molecule has 0 saturated carbocycles. The van der Waals surface area contributed by atoms with E-state index in [-0.39, 0.29) is 11.9 Å². The zero-order valence-corrected chi connectivity index (χ0v) is 23.5. The number of carbonyl (C=O) groups excluding carboxylic acids is 1. The van der Waals surface area contributed by atoms with Crippen molar-refractivity contribution in [3.63, 3.8) is 0 Å². The summed E-state index contributed by atoms with van der Waals surface area (Å²) >= 11 is 3.17. The average Bonchev–Trinajstić information content (AvgIpc) is 3.56. The van der Waals surface area contributed by atoms with Gasteiger partial charge in [-0.2, -0.15) is 0 Å². The Morgan fingerprint density at radius 2 is 2.00 bits per heavy atom. The van der Waals surface area contributed by atoms with E-state index < -0.39 is 5.60 Å². The Kier molecular flexibility index (Phi) is 7.06. The summed E-state index contributed by atoms with van der Waals surface area (Å²) < 4.78 is 0. The molecule has 2 unspecified atom stereocenters. The average molecular weight is 536 g/mol. The van der Waals surface area contributed by atoms with Crippen LogP contribution < -0.4 is 5.32 Å². The van der Waals surface area contributed by atoms with Gasteiger partial charge in [-0.3, -0.25) is 4.79 Å². The van der Waals surface area contributed by atoms with Gasteiger partial charge < -0.3 is 20.2 Å². The smallest absolute Gasteiger partial charge is 0.264 e. The number of fused-ring (bicyclic) bond motifs is 1. The molecule has 194 valence electrons. The first-order chi connectivity index (χ1) is 17.6. The molecule has 1 aliphatic rings. The van der Waals surface area contributed by atoms with Gasteiger partial charge in [-0.25, -0.2) is 9.97 Å². The lowest BCUT2D eigenvalue weighted by Gasteiger charge is -2.18. The number of aliphatic hydroxyl groups is 1. The highest BCUT2D eigenvalue weighted by atomic mass is 32.1. The Bertz CT molecular complexity index is 1440. The molecular formula is C28H33N5O2S2. The van der Waals surface area contributed by atoms with E-state index >= 15 is 0 Å². The summed E-state index contributed by atoms with van der Waals surface area (Å²) in [4.78, 5) is 30.2. The lowest BCUT2D eigenvalue weighted by Crippen LogP contribution is -2.33. The second kappa shape index (κ2) is 10.1. The maximum atomic E-state index is 13.1. The minimum Gasteiger partial charge on any atom is -0.388 e. The van der Waals surface area contributed by atoms with Gasteiger partial charge in [0.25, 0.3) is 5.91 Å². The Morgan fingerprint density at radius 3 is 2.73 bits per heavy atom. The number of likely N-dealkylation sites (tertiary alicyclic amines) is 1. The molecular weight excluding hydrogens is 502 g/mol. The third-order valence-corrected chi connectivity index (χ3v) is 8.95. The number of aryl methyl sites for hydroxylation is 1. The first kappa shape index (κ1) is 25.8. The summed E-state index contributed by atoms with van der Waals surface area (Å²) in [5.74, 6) is 1.34. The number of carbonyl (C=O) groups is 1. The minimum absolute atomic E-state index is 0.0324. The molecule has 2 N–H and O–H groups in total. The van der Waals surface area contributed by atoms with Crippen LogP contribution in [0.25, 0.3) is 20.7 Å². The van der Waals surface area contributed by atoms with Crippen LogP contribution in [0.1, 0.15) is 52.2 Å². The zero-order chi connectivity index (χ0) is 26.3. The van der Waals surface area contributed by atoms with Gasteiger partial charge in [-0.05, 0) is 70.6 Å². The Labute approximate surface area is 225 Å². The topological polar surface area (TPSA) is 81.6 Å². The van der Waals surface area contributed by atoms with Crippen molar-refractivity contribution in [2.75, 3.05) is 32.5 Å². The van der Waals surface area contributed by atoms with Crippen molar-refractivity contribution in [2.24, 2.45) is 0 Å². The van der Waals surface area contributed by atoms with Crippen molar-refractivity contribution >= 4 is 44.6 Å². The molecule has 1 amide bonds. The Balaban J connectivity index is 1.39. The van der Waals surface area contributed by atoms with Crippen molar-refractivity contribution in [1.82, 2.24) is 19.8 Å². The van der Waals surface area contributed by atoms with Crippen molar-refractivity contribution in [3.05, 3.63) is 63.6 Å². The molecule has 9 heteroatoms. The summed E-state index contributed by atoms with van der Waals surface area (Å²) in [6.07, 6.45) is 0.593. The number of β-amino-alcohol motifs (C(OH)–C–C–N with tert-alkyl or cyclic N) is 1. The number of hydrogen-bond donors (Lipinski definition) is 2. The fourth-order valence-corrected chi connectivity index (χ4v) is 6.88. The van der Waals surface area contributed by atoms with E-state index in [2.05, 4.69) is 72.6 Å². The van der Waals surface area contributed by atoms with E-state index in [1.165, 1.54) is 32.2 Å². The molecule has 7 nitrogen and oxygen atoms in total. The number of nitrogens with one attached hydrogen (secondary N) is 1. The third-order valence-electron chi connectivity index (χ3n) is 6.63. The maximum Gasteiger partial charge on any atom is 0.264 e. The fourth-order valence-electron chi connectivity index (χ4n) is 4.76. The predicted octanol–water partition coefficient (Wildman–Crippen LogP) is 5.56. The van der Waals surface area contributed by atoms with Gasteiger partial charge in [0.05, 0.1) is 21.9 Å². The summed E-state index contributed by atoms with van der Waals surface area (Å²) in [7, 11) is 4.18. The number of anilines is 1. The van der Waals surface area contributed by atoms with Crippen molar-refractivity contribution < 1.29 is 9.90 Å². The van der Waals surface area contributed by atoms with Crippen LogP contribution in [0.4, 0.5) is 5.82 Å². The monoisotopic (exact) mass is 535 g/mol. The van der Waals surface area contributed by atoms with Gasteiger partial charge in [-0.15, -0.1) is 22.7 Å². The highest BCUT2D eigenvalue weighted by Gasteiger charge is 2.35. The van der Waals surface area contributed by atoms with Crippen molar-refractivity contribution in [3.8, 4) is 10.4 Å². The van der Waals surface area contributed by atoms with Crippen LogP contribution >= 0.6 is 22.7 Å². The summed E-state index contributed by atoms with van der Waals surface area (Å²) in [6, 6.07) is 14.9. The molecule has 4 heterocycles. The molecule has 3 aromatic heterocycles. The lowest BCUT2D eigenvalue weighted by molar-refractivity contribution is 0.0575. The number of amides is 1. The van der Waals surface area contributed by atoms with Gasteiger partial charge in [0, 0.05) is 29.4 Å². The van der Waals surface area contributed by atoms with Crippen LogP contribution in [0.3, 0.4) is 0 Å². The van der Waals surface area contributed by atoms with Gasteiger partial charge in [-0.1, -0.05) is 24.3 Å². The van der Waals surface area contributed by atoms with Gasteiger partial charge in [0.1, 0.15) is 16.5 Å². The number of thiophene rings is 2. The van der Waals surface area contributed by atoms with E-state index in [1.807, 2.05) is 13.0 Å². The van der Waals surface area contributed by atoms with E-state index in [4.69, 9.17) is 4.98 Å². The third kappa shape index (κ3) is 5.55. The first-order valence-electron chi connectivity index (χ1n) is 12.5. The number of rotatable bonds is 7. The SMILES string of the molecule is Cc1nc(NC(C)c2ccc(-c3ccccc3CN(C)C)s2)c2cc(C(=O)N3CCC(C)(O)C3)sc2n1. The molecule has 37 heavy (non-hydrogen) atoms. The molecule has 0 radical (unpaired) electrons. The van der Waals surface area contributed by atoms with Crippen molar-refractivity contribution in [2.45, 2.75) is 45.4 Å². The molecule has 1 fully saturated rings. The predicted molar refractivity (Wildman–Crippen MR) is 152 cm³/mol. The number of aromatic nitrogens is 2. The molecule has 2 atom stereocenters. The number of hydrogen-bond acceptors (Lipinski definition) is 8. The zero-order valence-electron chi connectivity index (χ0n) is 21.9. The summed E-state index contributed by atoms with van der Waals surface area (Å²) in [5.41, 5.74) is 1.75. The summed E-state index contributed by atoms with van der Waals surface area (Å²) in [6.45, 7) is 7.59. The highest BCUT2D eigenvalue weighted by Crippen LogP contribution is 2.37. The standard InChI is InChI=1S/C28H33N5O2S2/c1-17(22-10-11-23(36-22)20-9-7-6-8-19(20)15-32(4)5)29-25-21-14-24(37-26(21)31-18(2)30-25)27(34)33-13-12-28(3,35)16-33/h6-11,14,17,35H,12-13,15-16H2,1-5H3,(H,29,30,31). The second-order valence-electron chi connectivity index (χ2n) is 10.4.